The van der Waals surface area contributed by atoms with Crippen molar-refractivity contribution in [1.82, 2.24) is 4.98 Å². The van der Waals surface area contributed by atoms with Gasteiger partial charge in [-0.05, 0) is 31.5 Å². The van der Waals surface area contributed by atoms with Crippen molar-refractivity contribution in [2.24, 2.45) is 5.73 Å². The van der Waals surface area contributed by atoms with Crippen molar-refractivity contribution in [3.05, 3.63) is 58.8 Å². The highest BCUT2D eigenvalue weighted by Gasteiger charge is 2.08. The van der Waals surface area contributed by atoms with E-state index in [0.29, 0.717) is 5.56 Å². The SMILES string of the molecule is Cc1cccc(CN(C)c2cc(C(=N)N)cc(C)n2)c1. The van der Waals surface area contributed by atoms with E-state index in [9.17, 15) is 0 Å². The van der Waals surface area contributed by atoms with Crippen molar-refractivity contribution in [2.45, 2.75) is 20.4 Å². The molecule has 1 aromatic carbocycles. The summed E-state index contributed by atoms with van der Waals surface area (Å²) in [7, 11) is 1.99. The van der Waals surface area contributed by atoms with Crippen LogP contribution in [0.4, 0.5) is 5.82 Å². The van der Waals surface area contributed by atoms with Crippen molar-refractivity contribution >= 4 is 11.7 Å². The predicted octanol–water partition coefficient (Wildman–Crippen LogP) is 2.62. The number of aromatic nitrogens is 1. The number of hydrogen-bond acceptors (Lipinski definition) is 3. The lowest BCUT2D eigenvalue weighted by molar-refractivity contribution is 0.890. The van der Waals surface area contributed by atoms with Gasteiger partial charge in [-0.3, -0.25) is 5.41 Å². The van der Waals surface area contributed by atoms with Gasteiger partial charge in [0, 0.05) is 24.8 Å². The smallest absolute Gasteiger partial charge is 0.129 e. The minimum atomic E-state index is 0.0701. The van der Waals surface area contributed by atoms with E-state index < -0.39 is 0 Å². The second-order valence-corrected chi connectivity index (χ2v) is 5.11. The lowest BCUT2D eigenvalue weighted by atomic mass is 10.1. The molecule has 0 saturated heterocycles. The van der Waals surface area contributed by atoms with Gasteiger partial charge in [-0.1, -0.05) is 29.8 Å². The Morgan fingerprint density at radius 2 is 2.00 bits per heavy atom. The first-order chi connectivity index (χ1) is 9.45. The van der Waals surface area contributed by atoms with Crippen LogP contribution < -0.4 is 10.6 Å². The molecule has 20 heavy (non-hydrogen) atoms. The minimum absolute atomic E-state index is 0.0701. The molecule has 2 rings (SSSR count). The van der Waals surface area contributed by atoms with Crippen LogP contribution >= 0.6 is 0 Å². The first kappa shape index (κ1) is 14.1. The summed E-state index contributed by atoms with van der Waals surface area (Å²) in [4.78, 5) is 6.57. The Bertz CT molecular complexity index is 634. The topological polar surface area (TPSA) is 66.0 Å². The summed E-state index contributed by atoms with van der Waals surface area (Å²) < 4.78 is 0. The van der Waals surface area contributed by atoms with Crippen LogP contribution in [0.3, 0.4) is 0 Å². The molecule has 0 aliphatic rings. The maximum Gasteiger partial charge on any atom is 0.129 e. The van der Waals surface area contributed by atoms with Crippen molar-refractivity contribution in [2.75, 3.05) is 11.9 Å². The average molecular weight is 268 g/mol. The van der Waals surface area contributed by atoms with Crippen molar-refractivity contribution in [3.63, 3.8) is 0 Å². The molecule has 4 nitrogen and oxygen atoms in total. The van der Waals surface area contributed by atoms with Gasteiger partial charge in [-0.15, -0.1) is 0 Å². The Balaban J connectivity index is 2.25. The fraction of sp³-hybridized carbons (Fsp3) is 0.250. The summed E-state index contributed by atoms with van der Waals surface area (Å²) in [5, 5.41) is 7.55. The Hall–Kier alpha value is -2.36. The molecule has 104 valence electrons. The van der Waals surface area contributed by atoms with Crippen LogP contribution in [0.25, 0.3) is 0 Å². The third-order valence-electron chi connectivity index (χ3n) is 3.14. The number of amidine groups is 1. The van der Waals surface area contributed by atoms with Gasteiger partial charge >= 0.3 is 0 Å². The zero-order chi connectivity index (χ0) is 14.7. The lowest BCUT2D eigenvalue weighted by Crippen LogP contribution is -2.20. The van der Waals surface area contributed by atoms with E-state index in [1.165, 1.54) is 11.1 Å². The fourth-order valence-corrected chi connectivity index (χ4v) is 2.17. The molecule has 0 aliphatic heterocycles. The number of rotatable bonds is 4. The molecule has 0 aliphatic carbocycles. The average Bonchev–Trinajstić information content (AvgIpc) is 2.37. The maximum absolute atomic E-state index is 7.55. The number of anilines is 1. The van der Waals surface area contributed by atoms with E-state index in [2.05, 4.69) is 41.1 Å². The molecule has 2 aromatic rings. The molecule has 0 fully saturated rings. The summed E-state index contributed by atoms with van der Waals surface area (Å²) >= 11 is 0. The van der Waals surface area contributed by atoms with E-state index in [1.807, 2.05) is 26.1 Å². The molecular formula is C16H20N4. The largest absolute Gasteiger partial charge is 0.384 e. The molecule has 0 amide bonds. The van der Waals surface area contributed by atoms with Crippen LogP contribution in [0.2, 0.25) is 0 Å². The number of nitrogens with zero attached hydrogens (tertiary/aromatic N) is 2. The molecule has 1 heterocycles. The third kappa shape index (κ3) is 3.35. The zero-order valence-electron chi connectivity index (χ0n) is 12.1. The summed E-state index contributed by atoms with van der Waals surface area (Å²) in [6.07, 6.45) is 0. The molecule has 0 atom stereocenters. The van der Waals surface area contributed by atoms with Crippen molar-refractivity contribution in [3.8, 4) is 0 Å². The molecule has 0 bridgehead atoms. The van der Waals surface area contributed by atoms with Crippen LogP contribution in [-0.2, 0) is 6.54 Å². The van der Waals surface area contributed by atoms with E-state index in [-0.39, 0.29) is 5.84 Å². The maximum atomic E-state index is 7.55. The Morgan fingerprint density at radius 3 is 2.65 bits per heavy atom. The molecule has 0 radical (unpaired) electrons. The first-order valence-corrected chi connectivity index (χ1v) is 6.55. The fourth-order valence-electron chi connectivity index (χ4n) is 2.17. The van der Waals surface area contributed by atoms with Crippen LogP contribution in [0.1, 0.15) is 22.4 Å². The van der Waals surface area contributed by atoms with E-state index in [1.54, 1.807) is 0 Å². The van der Waals surface area contributed by atoms with Gasteiger partial charge in [0.1, 0.15) is 11.7 Å². The Morgan fingerprint density at radius 1 is 1.25 bits per heavy atom. The number of hydrogen-bond donors (Lipinski definition) is 2. The van der Waals surface area contributed by atoms with Crippen LogP contribution in [-0.4, -0.2) is 17.9 Å². The van der Waals surface area contributed by atoms with Crippen LogP contribution in [0, 0.1) is 19.3 Å². The molecule has 0 spiro atoms. The highest BCUT2D eigenvalue weighted by Crippen LogP contribution is 2.16. The summed E-state index contributed by atoms with van der Waals surface area (Å²) in [5.41, 5.74) is 9.62. The Labute approximate surface area is 119 Å². The van der Waals surface area contributed by atoms with Gasteiger partial charge in [0.25, 0.3) is 0 Å². The van der Waals surface area contributed by atoms with Gasteiger partial charge in [0.05, 0.1) is 0 Å². The normalized spacial score (nSPS) is 10.3. The number of benzene rings is 1. The van der Waals surface area contributed by atoms with Crippen LogP contribution in [0.15, 0.2) is 36.4 Å². The zero-order valence-corrected chi connectivity index (χ0v) is 12.1. The third-order valence-corrected chi connectivity index (χ3v) is 3.14. The Kier molecular flexibility index (Phi) is 4.03. The van der Waals surface area contributed by atoms with Gasteiger partial charge in [-0.2, -0.15) is 0 Å². The van der Waals surface area contributed by atoms with E-state index >= 15 is 0 Å². The van der Waals surface area contributed by atoms with Gasteiger partial charge in [0.2, 0.25) is 0 Å². The van der Waals surface area contributed by atoms with E-state index in [4.69, 9.17) is 11.1 Å². The number of nitrogen functional groups attached to an aromatic ring is 1. The molecular weight excluding hydrogens is 248 g/mol. The summed E-state index contributed by atoms with van der Waals surface area (Å²) in [6.45, 7) is 4.77. The highest BCUT2D eigenvalue weighted by molar-refractivity contribution is 5.95. The standard InChI is InChI=1S/C16H20N4/c1-11-5-4-6-13(7-11)10-20(3)15-9-14(16(17)18)8-12(2)19-15/h4-9H,10H2,1-3H3,(H3,17,18). The van der Waals surface area contributed by atoms with Crippen molar-refractivity contribution in [1.29, 1.82) is 5.41 Å². The molecule has 1 aromatic heterocycles. The summed E-state index contributed by atoms with van der Waals surface area (Å²) in [6, 6.07) is 12.1. The quantitative estimate of drug-likeness (QED) is 0.661. The monoisotopic (exact) mass is 268 g/mol. The molecule has 0 saturated carbocycles. The van der Waals surface area contributed by atoms with Gasteiger partial charge in [0.15, 0.2) is 0 Å². The number of aryl methyl sites for hydroxylation is 2. The lowest BCUT2D eigenvalue weighted by Gasteiger charge is -2.19. The summed E-state index contributed by atoms with van der Waals surface area (Å²) in [5.74, 6) is 0.900. The second-order valence-electron chi connectivity index (χ2n) is 5.11. The number of pyridine rings is 1. The minimum Gasteiger partial charge on any atom is -0.384 e. The number of nitrogens with one attached hydrogen (secondary N) is 1. The van der Waals surface area contributed by atoms with Gasteiger partial charge in [-0.25, -0.2) is 4.98 Å². The molecule has 3 N–H and O–H groups in total. The molecule has 4 heteroatoms. The highest BCUT2D eigenvalue weighted by atomic mass is 15.2. The molecule has 0 unspecified atom stereocenters. The predicted molar refractivity (Wildman–Crippen MR) is 83.3 cm³/mol. The van der Waals surface area contributed by atoms with E-state index in [0.717, 1.165) is 18.1 Å². The van der Waals surface area contributed by atoms with Crippen molar-refractivity contribution < 1.29 is 0 Å². The van der Waals surface area contributed by atoms with Gasteiger partial charge < -0.3 is 10.6 Å². The first-order valence-electron chi connectivity index (χ1n) is 6.55. The van der Waals surface area contributed by atoms with Crippen LogP contribution in [0.5, 0.6) is 0 Å². The number of nitrogens with two attached hydrogens (primary N) is 1. The second kappa shape index (κ2) is 5.74.